The van der Waals surface area contributed by atoms with Crippen LogP contribution in [0.4, 0.5) is 15.0 Å². The molecule has 1 aromatic carbocycles. The summed E-state index contributed by atoms with van der Waals surface area (Å²) < 4.78 is 14.6. The third-order valence-corrected chi connectivity index (χ3v) is 5.67. The standard InChI is InChI=1S/C21H22FN7O2S/c22-13-5-7-14(8-6-13)29-20(24)15(12-23)16(28-29)3-1-9-26-19(30)11-17(27-21(25)31)18-4-2-10-32-18/h2,4-8,10,17H,1,3,9,11,24H2,(H,26,30)(H3,25,27,31). The van der Waals surface area contributed by atoms with Crippen molar-refractivity contribution in [2.75, 3.05) is 12.3 Å². The lowest BCUT2D eigenvalue weighted by molar-refractivity contribution is -0.121. The molecule has 1 unspecified atom stereocenters. The lowest BCUT2D eigenvalue weighted by atomic mass is 10.1. The van der Waals surface area contributed by atoms with E-state index in [1.165, 1.54) is 40.3 Å². The molecule has 2 aromatic heterocycles. The normalized spacial score (nSPS) is 11.5. The van der Waals surface area contributed by atoms with Crippen LogP contribution >= 0.6 is 11.3 Å². The van der Waals surface area contributed by atoms with Crippen molar-refractivity contribution in [2.45, 2.75) is 25.3 Å². The first-order chi connectivity index (χ1) is 15.4. The predicted octanol–water partition coefficient (Wildman–Crippen LogP) is 2.38. The average molecular weight is 456 g/mol. The minimum atomic E-state index is -0.699. The molecule has 2 heterocycles. The van der Waals surface area contributed by atoms with Gasteiger partial charge in [-0.05, 0) is 48.6 Å². The van der Waals surface area contributed by atoms with Crippen LogP contribution in [0, 0.1) is 17.1 Å². The molecule has 6 N–H and O–H groups in total. The van der Waals surface area contributed by atoms with Crippen LogP contribution in [0.5, 0.6) is 0 Å². The van der Waals surface area contributed by atoms with Crippen LogP contribution in [0.1, 0.15) is 35.0 Å². The summed E-state index contributed by atoms with van der Waals surface area (Å²) in [5.74, 6) is -0.452. The summed E-state index contributed by atoms with van der Waals surface area (Å²) in [6.07, 6.45) is 0.988. The third kappa shape index (κ3) is 5.61. The number of amides is 3. The fourth-order valence-electron chi connectivity index (χ4n) is 3.18. The molecule has 3 aromatic rings. The number of nitrogens with one attached hydrogen (secondary N) is 2. The summed E-state index contributed by atoms with van der Waals surface area (Å²) in [4.78, 5) is 24.4. The summed E-state index contributed by atoms with van der Waals surface area (Å²) in [5, 5.41) is 21.1. The number of aryl methyl sites for hydroxylation is 1. The molecule has 0 saturated heterocycles. The molecule has 0 aliphatic rings. The number of aromatic nitrogens is 2. The number of nitrogens with zero attached hydrogens (tertiary/aromatic N) is 3. The molecule has 9 nitrogen and oxygen atoms in total. The van der Waals surface area contributed by atoms with E-state index in [0.717, 1.165) is 4.88 Å². The highest BCUT2D eigenvalue weighted by Crippen LogP contribution is 2.23. The number of nitrogens with two attached hydrogens (primary N) is 2. The molecule has 32 heavy (non-hydrogen) atoms. The van der Waals surface area contributed by atoms with E-state index in [9.17, 15) is 19.2 Å². The molecular weight excluding hydrogens is 433 g/mol. The topological polar surface area (TPSA) is 152 Å². The number of benzene rings is 1. The molecule has 3 amide bonds. The second kappa shape index (κ2) is 10.4. The van der Waals surface area contributed by atoms with Crippen molar-refractivity contribution < 1.29 is 14.0 Å². The van der Waals surface area contributed by atoms with Crippen molar-refractivity contribution in [1.82, 2.24) is 20.4 Å². The highest BCUT2D eigenvalue weighted by molar-refractivity contribution is 7.10. The Morgan fingerprint density at radius 1 is 1.28 bits per heavy atom. The maximum absolute atomic E-state index is 13.2. The molecule has 0 bridgehead atoms. The van der Waals surface area contributed by atoms with Gasteiger partial charge in [0.05, 0.1) is 23.8 Å². The van der Waals surface area contributed by atoms with Gasteiger partial charge in [0, 0.05) is 11.4 Å². The van der Waals surface area contributed by atoms with Crippen molar-refractivity contribution in [2.24, 2.45) is 5.73 Å². The number of urea groups is 1. The second-order valence-corrected chi connectivity index (χ2v) is 7.92. The lowest BCUT2D eigenvalue weighted by Crippen LogP contribution is -2.36. The number of thiophene rings is 1. The number of carbonyl (C=O) groups is 2. The van der Waals surface area contributed by atoms with E-state index < -0.39 is 12.1 Å². The average Bonchev–Trinajstić information content (AvgIpc) is 3.39. The molecule has 166 valence electrons. The zero-order valence-electron chi connectivity index (χ0n) is 17.0. The van der Waals surface area contributed by atoms with E-state index in [1.807, 2.05) is 17.5 Å². The Morgan fingerprint density at radius 2 is 2.03 bits per heavy atom. The van der Waals surface area contributed by atoms with Crippen molar-refractivity contribution >= 4 is 29.1 Å². The van der Waals surface area contributed by atoms with Gasteiger partial charge in [-0.15, -0.1) is 11.3 Å². The first kappa shape index (κ1) is 22.8. The van der Waals surface area contributed by atoms with Gasteiger partial charge in [0.1, 0.15) is 23.3 Å². The highest BCUT2D eigenvalue weighted by Gasteiger charge is 2.19. The Hall–Kier alpha value is -3.91. The van der Waals surface area contributed by atoms with Gasteiger partial charge in [-0.3, -0.25) is 4.79 Å². The van der Waals surface area contributed by atoms with Crippen LogP contribution in [0.2, 0.25) is 0 Å². The van der Waals surface area contributed by atoms with Gasteiger partial charge in [0.15, 0.2) is 0 Å². The van der Waals surface area contributed by atoms with E-state index in [4.69, 9.17) is 11.5 Å². The van der Waals surface area contributed by atoms with Gasteiger partial charge in [0.2, 0.25) is 5.91 Å². The number of halogens is 1. The van der Waals surface area contributed by atoms with Crippen LogP contribution in [-0.4, -0.2) is 28.3 Å². The number of primary amides is 1. The Kier molecular flexibility index (Phi) is 7.41. The lowest BCUT2D eigenvalue weighted by Gasteiger charge is -2.15. The van der Waals surface area contributed by atoms with Crippen LogP contribution in [0.3, 0.4) is 0 Å². The number of carbonyl (C=O) groups excluding carboxylic acids is 2. The zero-order chi connectivity index (χ0) is 23.1. The van der Waals surface area contributed by atoms with Gasteiger partial charge >= 0.3 is 6.03 Å². The summed E-state index contributed by atoms with van der Waals surface area (Å²) >= 11 is 1.42. The molecular formula is C21H22FN7O2S. The van der Waals surface area contributed by atoms with Gasteiger partial charge in [0.25, 0.3) is 0 Å². The van der Waals surface area contributed by atoms with Gasteiger partial charge < -0.3 is 22.1 Å². The molecule has 0 saturated carbocycles. The smallest absolute Gasteiger partial charge is 0.312 e. The molecule has 0 aliphatic heterocycles. The molecule has 0 spiro atoms. The van der Waals surface area contributed by atoms with E-state index in [0.29, 0.717) is 30.8 Å². The minimum Gasteiger partial charge on any atom is -0.382 e. The monoisotopic (exact) mass is 455 g/mol. The van der Waals surface area contributed by atoms with Crippen LogP contribution < -0.4 is 22.1 Å². The SMILES string of the molecule is N#Cc1c(CCCNC(=O)CC(NC(N)=O)c2cccs2)nn(-c2ccc(F)cc2)c1N. The fraction of sp³-hybridized carbons (Fsp3) is 0.238. The van der Waals surface area contributed by atoms with E-state index in [1.54, 1.807) is 0 Å². The summed E-state index contributed by atoms with van der Waals surface area (Å²) in [7, 11) is 0. The van der Waals surface area contributed by atoms with Gasteiger partial charge in [-0.2, -0.15) is 10.4 Å². The molecule has 11 heteroatoms. The number of rotatable bonds is 9. The second-order valence-electron chi connectivity index (χ2n) is 6.94. The number of anilines is 1. The first-order valence-corrected chi connectivity index (χ1v) is 10.7. The molecule has 0 fully saturated rings. The molecule has 1 atom stereocenters. The summed E-state index contributed by atoms with van der Waals surface area (Å²) in [6, 6.07) is 10.1. The van der Waals surface area contributed by atoms with Crippen LogP contribution in [-0.2, 0) is 11.2 Å². The third-order valence-electron chi connectivity index (χ3n) is 4.68. The highest BCUT2D eigenvalue weighted by atomic mass is 32.1. The van der Waals surface area contributed by atoms with E-state index >= 15 is 0 Å². The van der Waals surface area contributed by atoms with Gasteiger partial charge in [-0.25, -0.2) is 13.9 Å². The summed E-state index contributed by atoms with van der Waals surface area (Å²) in [6.45, 7) is 0.348. The Bertz CT molecular complexity index is 1120. The van der Waals surface area contributed by atoms with Gasteiger partial charge in [-0.1, -0.05) is 6.07 Å². The molecule has 0 radical (unpaired) electrons. The Morgan fingerprint density at radius 3 is 2.66 bits per heavy atom. The minimum absolute atomic E-state index is 0.0546. The maximum Gasteiger partial charge on any atom is 0.312 e. The molecule has 0 aliphatic carbocycles. The Labute approximate surface area is 187 Å². The van der Waals surface area contributed by atoms with Crippen molar-refractivity contribution in [3.8, 4) is 11.8 Å². The van der Waals surface area contributed by atoms with Crippen molar-refractivity contribution in [3.63, 3.8) is 0 Å². The first-order valence-electron chi connectivity index (χ1n) is 9.78. The maximum atomic E-state index is 13.2. The number of nitrogen functional groups attached to an aromatic ring is 1. The Balaban J connectivity index is 1.56. The van der Waals surface area contributed by atoms with E-state index in [2.05, 4.69) is 21.8 Å². The summed E-state index contributed by atoms with van der Waals surface area (Å²) in [5.41, 5.74) is 12.6. The number of hydrogen-bond acceptors (Lipinski definition) is 6. The van der Waals surface area contributed by atoms with Crippen LogP contribution in [0.25, 0.3) is 5.69 Å². The molecule has 3 rings (SSSR count). The van der Waals surface area contributed by atoms with Crippen LogP contribution in [0.15, 0.2) is 41.8 Å². The van der Waals surface area contributed by atoms with Crippen molar-refractivity contribution in [1.29, 1.82) is 5.26 Å². The zero-order valence-corrected chi connectivity index (χ0v) is 17.9. The van der Waals surface area contributed by atoms with Crippen molar-refractivity contribution in [3.05, 3.63) is 63.7 Å². The number of nitriles is 1. The quantitative estimate of drug-likeness (QED) is 0.365. The fourth-order valence-corrected chi connectivity index (χ4v) is 3.96. The van der Waals surface area contributed by atoms with E-state index in [-0.39, 0.29) is 29.5 Å². The largest absolute Gasteiger partial charge is 0.382 e. The predicted molar refractivity (Wildman–Crippen MR) is 118 cm³/mol. The number of hydrogen-bond donors (Lipinski definition) is 4.